The Morgan fingerprint density at radius 2 is 1.06 bits per heavy atom. The maximum atomic E-state index is 12.2. The van der Waals surface area contributed by atoms with Gasteiger partial charge in [-0.2, -0.15) is 0 Å². The normalized spacial score (nSPS) is 13.9. The van der Waals surface area contributed by atoms with Crippen molar-refractivity contribution in [3.8, 4) is 0 Å². The summed E-state index contributed by atoms with van der Waals surface area (Å²) in [7, 11) is 0. The van der Waals surface area contributed by atoms with E-state index in [1.165, 1.54) is 89.9 Å². The first-order valence-electron chi connectivity index (χ1n) is 19.2. The molecule has 0 fully saturated rings. The van der Waals surface area contributed by atoms with Crippen molar-refractivity contribution in [2.45, 2.75) is 193 Å². The molecule has 0 aliphatic heterocycles. The Kier molecular flexibility index (Phi) is 33.9. The zero-order chi connectivity index (χ0) is 34.6. The standard InChI is InChI=1S/C40H72O7/c1-3-5-7-9-11-13-15-17-18-20-22-24-26-28-32-40(45)47-36(34-41)35-46-39(44)33-29-31-38(43)37(42)30-27-25-23-21-19-16-14-12-10-8-6-4-2/h12,14,19,21,25,27,36-38,41-43H,3-11,13,15-18,20,22-24,26,28-35H2,1-2H3/b14-12-,21-19-,27-25-/t36-,37?,38?/m0/s1. The molecule has 0 saturated carbocycles. The predicted octanol–water partition coefficient (Wildman–Crippen LogP) is 9.62. The van der Waals surface area contributed by atoms with Crippen LogP contribution in [0.3, 0.4) is 0 Å². The summed E-state index contributed by atoms with van der Waals surface area (Å²) in [6.45, 7) is 3.85. The minimum atomic E-state index is -0.929. The van der Waals surface area contributed by atoms with Crippen molar-refractivity contribution in [1.82, 2.24) is 0 Å². The van der Waals surface area contributed by atoms with E-state index in [-0.39, 0.29) is 25.4 Å². The molecule has 0 bridgehead atoms. The van der Waals surface area contributed by atoms with Gasteiger partial charge in [0.25, 0.3) is 0 Å². The summed E-state index contributed by atoms with van der Waals surface area (Å²) in [5.74, 6) is -0.873. The van der Waals surface area contributed by atoms with Gasteiger partial charge >= 0.3 is 11.9 Å². The third kappa shape index (κ3) is 32.4. The van der Waals surface area contributed by atoms with Crippen molar-refractivity contribution in [2.75, 3.05) is 13.2 Å². The summed E-state index contributed by atoms with van der Waals surface area (Å²) < 4.78 is 10.5. The second-order valence-electron chi connectivity index (χ2n) is 13.0. The summed E-state index contributed by atoms with van der Waals surface area (Å²) in [6, 6.07) is 0. The van der Waals surface area contributed by atoms with Crippen LogP contribution in [0.1, 0.15) is 174 Å². The summed E-state index contributed by atoms with van der Waals surface area (Å²) >= 11 is 0. The van der Waals surface area contributed by atoms with E-state index in [9.17, 15) is 24.9 Å². The number of aliphatic hydroxyl groups is 3. The topological polar surface area (TPSA) is 113 Å². The third-order valence-corrected chi connectivity index (χ3v) is 8.39. The summed E-state index contributed by atoms with van der Waals surface area (Å²) in [5.41, 5.74) is 0. The molecule has 0 aliphatic rings. The quantitative estimate of drug-likeness (QED) is 0.0357. The van der Waals surface area contributed by atoms with E-state index in [1.54, 1.807) is 0 Å². The minimum Gasteiger partial charge on any atom is -0.462 e. The lowest BCUT2D eigenvalue weighted by molar-refractivity contribution is -0.161. The predicted molar refractivity (Wildman–Crippen MR) is 194 cm³/mol. The monoisotopic (exact) mass is 665 g/mol. The Bertz CT molecular complexity index is 791. The van der Waals surface area contributed by atoms with Crippen molar-refractivity contribution in [3.05, 3.63) is 36.5 Å². The van der Waals surface area contributed by atoms with Crippen LogP contribution >= 0.6 is 0 Å². The molecule has 3 N–H and O–H groups in total. The fourth-order valence-electron chi connectivity index (χ4n) is 5.30. The molecule has 0 rings (SSSR count). The van der Waals surface area contributed by atoms with Gasteiger partial charge < -0.3 is 24.8 Å². The lowest BCUT2D eigenvalue weighted by atomic mass is 10.0. The largest absolute Gasteiger partial charge is 0.462 e. The van der Waals surface area contributed by atoms with Crippen molar-refractivity contribution in [3.63, 3.8) is 0 Å². The van der Waals surface area contributed by atoms with E-state index in [4.69, 9.17) is 9.47 Å². The fraction of sp³-hybridized carbons (Fsp3) is 0.800. The van der Waals surface area contributed by atoms with Crippen molar-refractivity contribution in [2.24, 2.45) is 0 Å². The molecular formula is C40H72O7. The lowest BCUT2D eigenvalue weighted by Gasteiger charge is -2.17. The highest BCUT2D eigenvalue weighted by atomic mass is 16.6. The second-order valence-corrected chi connectivity index (χ2v) is 13.0. The van der Waals surface area contributed by atoms with Gasteiger partial charge in [0.2, 0.25) is 0 Å². The van der Waals surface area contributed by atoms with Gasteiger partial charge in [-0.1, -0.05) is 147 Å². The minimum absolute atomic E-state index is 0.0720. The Labute approximate surface area is 288 Å². The number of hydrogen-bond donors (Lipinski definition) is 3. The first-order chi connectivity index (χ1) is 22.9. The first kappa shape index (κ1) is 45.0. The molecule has 0 aromatic heterocycles. The molecule has 7 heteroatoms. The zero-order valence-electron chi connectivity index (χ0n) is 30.3. The van der Waals surface area contributed by atoms with Gasteiger partial charge in [-0.15, -0.1) is 0 Å². The Balaban J connectivity index is 3.82. The molecule has 274 valence electrons. The highest BCUT2D eigenvalue weighted by Crippen LogP contribution is 2.14. The van der Waals surface area contributed by atoms with E-state index in [1.807, 2.05) is 12.2 Å². The highest BCUT2D eigenvalue weighted by molar-refractivity contribution is 5.70. The maximum Gasteiger partial charge on any atom is 0.306 e. The summed E-state index contributed by atoms with van der Waals surface area (Å²) in [5, 5.41) is 29.9. The molecule has 0 aromatic rings. The van der Waals surface area contributed by atoms with Crippen LogP contribution in [0.25, 0.3) is 0 Å². The molecule has 0 amide bonds. The highest BCUT2D eigenvalue weighted by Gasteiger charge is 2.18. The van der Waals surface area contributed by atoms with Crippen molar-refractivity contribution in [1.29, 1.82) is 0 Å². The third-order valence-electron chi connectivity index (χ3n) is 8.39. The number of carbonyl (C=O) groups excluding carboxylic acids is 2. The number of unbranched alkanes of at least 4 members (excludes halogenated alkanes) is 16. The van der Waals surface area contributed by atoms with Gasteiger partial charge in [0.05, 0.1) is 18.8 Å². The SMILES string of the molecule is CCCCC/C=C\C/C=C\C/C=C\CC(O)C(O)CCCC(=O)OC[C@H](CO)OC(=O)CCCCCCCCCCCCCCCC. The first-order valence-corrected chi connectivity index (χ1v) is 19.2. The summed E-state index contributed by atoms with van der Waals surface area (Å²) in [4.78, 5) is 24.3. The second kappa shape index (κ2) is 35.3. The maximum absolute atomic E-state index is 12.2. The number of esters is 2. The molecule has 0 saturated heterocycles. The van der Waals surface area contributed by atoms with E-state index in [0.717, 1.165) is 38.5 Å². The number of allylic oxidation sites excluding steroid dienone is 5. The van der Waals surface area contributed by atoms with Crippen LogP contribution in [0.2, 0.25) is 0 Å². The van der Waals surface area contributed by atoms with Crippen molar-refractivity contribution < 1.29 is 34.4 Å². The molecule has 2 unspecified atom stereocenters. The molecule has 7 nitrogen and oxygen atoms in total. The number of hydrogen-bond acceptors (Lipinski definition) is 7. The van der Waals surface area contributed by atoms with E-state index >= 15 is 0 Å². The van der Waals surface area contributed by atoms with Crippen LogP contribution in [0, 0.1) is 0 Å². The molecule has 0 aromatic carbocycles. The van der Waals surface area contributed by atoms with Crippen LogP contribution in [-0.2, 0) is 19.1 Å². The van der Waals surface area contributed by atoms with Crippen molar-refractivity contribution >= 4 is 11.9 Å². The Hall–Kier alpha value is -1.96. The van der Waals surface area contributed by atoms with E-state index in [0.29, 0.717) is 19.3 Å². The van der Waals surface area contributed by atoms with Crippen LogP contribution < -0.4 is 0 Å². The average Bonchev–Trinajstić information content (AvgIpc) is 3.07. The number of aliphatic hydroxyl groups excluding tert-OH is 3. The molecular weight excluding hydrogens is 592 g/mol. The van der Waals surface area contributed by atoms with E-state index in [2.05, 4.69) is 38.2 Å². The molecule has 47 heavy (non-hydrogen) atoms. The average molecular weight is 665 g/mol. The van der Waals surface area contributed by atoms with Gasteiger partial charge in [0.1, 0.15) is 6.61 Å². The number of carbonyl (C=O) groups is 2. The lowest BCUT2D eigenvalue weighted by Crippen LogP contribution is -2.28. The van der Waals surface area contributed by atoms with Crippen LogP contribution in [0.5, 0.6) is 0 Å². The van der Waals surface area contributed by atoms with Gasteiger partial charge in [0, 0.05) is 12.8 Å². The number of ether oxygens (including phenoxy) is 2. The molecule has 0 heterocycles. The Morgan fingerprint density at radius 1 is 0.574 bits per heavy atom. The smallest absolute Gasteiger partial charge is 0.306 e. The van der Waals surface area contributed by atoms with Gasteiger partial charge in [-0.25, -0.2) is 0 Å². The summed E-state index contributed by atoms with van der Waals surface area (Å²) in [6.07, 6.45) is 35.2. The van der Waals surface area contributed by atoms with Gasteiger partial charge in [-0.05, 0) is 51.4 Å². The van der Waals surface area contributed by atoms with Gasteiger partial charge in [-0.3, -0.25) is 9.59 Å². The molecule has 0 radical (unpaired) electrons. The van der Waals surface area contributed by atoms with Crippen LogP contribution in [0.4, 0.5) is 0 Å². The van der Waals surface area contributed by atoms with Crippen LogP contribution in [0.15, 0.2) is 36.5 Å². The molecule has 3 atom stereocenters. The Morgan fingerprint density at radius 3 is 1.64 bits per heavy atom. The van der Waals surface area contributed by atoms with Gasteiger partial charge in [0.15, 0.2) is 6.10 Å². The zero-order valence-corrected chi connectivity index (χ0v) is 30.3. The molecule has 0 spiro atoms. The fourth-order valence-corrected chi connectivity index (χ4v) is 5.30. The van der Waals surface area contributed by atoms with E-state index < -0.39 is 30.9 Å². The number of rotatable bonds is 34. The molecule has 0 aliphatic carbocycles. The van der Waals surface area contributed by atoms with Crippen LogP contribution in [-0.4, -0.2) is 58.8 Å².